The Bertz CT molecular complexity index is 1310. The Morgan fingerprint density at radius 2 is 1.67 bits per heavy atom. The van der Waals surface area contributed by atoms with E-state index in [1.165, 1.54) is 0 Å². The number of benzene rings is 3. The monoisotopic (exact) mass is 481 g/mol. The van der Waals surface area contributed by atoms with E-state index in [1.54, 1.807) is 9.58 Å². The molecule has 3 aromatic carbocycles. The van der Waals surface area contributed by atoms with E-state index in [-0.39, 0.29) is 11.8 Å². The van der Waals surface area contributed by atoms with Crippen LogP contribution in [0, 0.1) is 0 Å². The minimum absolute atomic E-state index is 0.0179. The smallest absolute Gasteiger partial charge is 0.243 e. The molecule has 36 heavy (non-hydrogen) atoms. The van der Waals surface area contributed by atoms with Gasteiger partial charge < -0.3 is 15.0 Å². The molecule has 1 aromatic heterocycles. The molecule has 1 aliphatic heterocycles. The lowest BCUT2D eigenvalue weighted by Crippen LogP contribution is -2.44. The van der Waals surface area contributed by atoms with Gasteiger partial charge >= 0.3 is 0 Å². The standard InChI is InChI=1S/C28H27N5O3/c34-27-16-15-26(32(27)18-22-7-3-1-4-8-22)28(35)29-17-21-11-13-25(14-12-21)36-20-23-19-33(31-30-23)24-9-5-2-6-10-24/h1-14,19,26H,15-18,20H2,(H,29,35)/t26-/m0/s1. The van der Waals surface area contributed by atoms with Gasteiger partial charge in [-0.05, 0) is 41.8 Å². The summed E-state index contributed by atoms with van der Waals surface area (Å²) in [6.45, 7) is 1.13. The third-order valence-electron chi connectivity index (χ3n) is 6.16. The molecule has 8 nitrogen and oxygen atoms in total. The third-order valence-corrected chi connectivity index (χ3v) is 6.16. The van der Waals surface area contributed by atoms with E-state index in [4.69, 9.17) is 4.74 Å². The molecule has 2 amide bonds. The lowest BCUT2D eigenvalue weighted by molar-refractivity contribution is -0.135. The summed E-state index contributed by atoms with van der Waals surface area (Å²) in [6, 6.07) is 26.6. The Morgan fingerprint density at radius 1 is 0.944 bits per heavy atom. The lowest BCUT2D eigenvalue weighted by Gasteiger charge is -2.24. The van der Waals surface area contributed by atoms with Gasteiger partial charge in [0.2, 0.25) is 11.8 Å². The van der Waals surface area contributed by atoms with Crippen molar-refractivity contribution >= 4 is 11.8 Å². The summed E-state index contributed by atoms with van der Waals surface area (Å²) in [5.41, 5.74) is 3.63. The number of carbonyl (C=O) groups is 2. The van der Waals surface area contributed by atoms with Crippen LogP contribution in [0.2, 0.25) is 0 Å². The molecule has 1 N–H and O–H groups in total. The van der Waals surface area contributed by atoms with Crippen LogP contribution in [0.4, 0.5) is 0 Å². The number of nitrogens with zero attached hydrogens (tertiary/aromatic N) is 4. The molecular weight excluding hydrogens is 454 g/mol. The van der Waals surface area contributed by atoms with Gasteiger partial charge in [0.1, 0.15) is 24.1 Å². The van der Waals surface area contributed by atoms with Gasteiger partial charge in [0.15, 0.2) is 0 Å². The molecule has 0 unspecified atom stereocenters. The lowest BCUT2D eigenvalue weighted by atomic mass is 10.1. The Morgan fingerprint density at radius 3 is 2.42 bits per heavy atom. The van der Waals surface area contributed by atoms with Crippen LogP contribution in [0.5, 0.6) is 5.75 Å². The summed E-state index contributed by atoms with van der Waals surface area (Å²) in [5, 5.41) is 11.3. The van der Waals surface area contributed by atoms with Crippen LogP contribution >= 0.6 is 0 Å². The summed E-state index contributed by atoms with van der Waals surface area (Å²) >= 11 is 0. The number of aromatic nitrogens is 3. The van der Waals surface area contributed by atoms with Crippen LogP contribution in [0.3, 0.4) is 0 Å². The predicted molar refractivity (Wildman–Crippen MR) is 134 cm³/mol. The second kappa shape index (κ2) is 10.9. The number of carbonyl (C=O) groups excluding carboxylic acids is 2. The first-order valence-electron chi connectivity index (χ1n) is 12.0. The number of nitrogens with one attached hydrogen (secondary N) is 1. The second-order valence-electron chi connectivity index (χ2n) is 8.70. The summed E-state index contributed by atoms with van der Waals surface area (Å²) in [4.78, 5) is 26.9. The van der Waals surface area contributed by atoms with Crippen LogP contribution in [0.25, 0.3) is 5.69 Å². The molecule has 4 aromatic rings. The molecule has 2 heterocycles. The van der Waals surface area contributed by atoms with Crippen molar-refractivity contribution in [3.8, 4) is 11.4 Å². The molecule has 5 rings (SSSR count). The van der Waals surface area contributed by atoms with Gasteiger partial charge in [-0.3, -0.25) is 9.59 Å². The second-order valence-corrected chi connectivity index (χ2v) is 8.70. The molecule has 8 heteroatoms. The van der Waals surface area contributed by atoms with E-state index >= 15 is 0 Å². The average molecular weight is 482 g/mol. The van der Waals surface area contributed by atoms with Crippen LogP contribution in [0.1, 0.15) is 29.7 Å². The highest BCUT2D eigenvalue weighted by Gasteiger charge is 2.35. The molecule has 0 aliphatic carbocycles. The van der Waals surface area contributed by atoms with Crippen LogP contribution < -0.4 is 10.1 Å². The van der Waals surface area contributed by atoms with Crippen molar-refractivity contribution in [1.82, 2.24) is 25.2 Å². The average Bonchev–Trinajstić information content (AvgIpc) is 3.55. The minimum Gasteiger partial charge on any atom is -0.487 e. The molecule has 1 fully saturated rings. The van der Waals surface area contributed by atoms with Crippen molar-refractivity contribution in [2.45, 2.75) is 38.6 Å². The Balaban J connectivity index is 1.11. The van der Waals surface area contributed by atoms with Gasteiger partial charge in [0, 0.05) is 19.5 Å². The number of ether oxygens (including phenoxy) is 1. The summed E-state index contributed by atoms with van der Waals surface area (Å²) in [5.74, 6) is 0.595. The van der Waals surface area contributed by atoms with Gasteiger partial charge in [-0.25, -0.2) is 4.68 Å². The first-order chi connectivity index (χ1) is 17.7. The van der Waals surface area contributed by atoms with E-state index in [0.29, 0.717) is 38.3 Å². The maximum absolute atomic E-state index is 12.9. The first-order valence-corrected chi connectivity index (χ1v) is 12.0. The predicted octanol–water partition coefficient (Wildman–Crippen LogP) is 3.65. The molecule has 1 atom stereocenters. The maximum atomic E-state index is 12.9. The molecule has 182 valence electrons. The quantitative estimate of drug-likeness (QED) is 0.394. The van der Waals surface area contributed by atoms with Gasteiger partial charge in [0.05, 0.1) is 11.9 Å². The van der Waals surface area contributed by atoms with Crippen molar-refractivity contribution < 1.29 is 14.3 Å². The van der Waals surface area contributed by atoms with E-state index in [2.05, 4.69) is 15.6 Å². The molecule has 1 saturated heterocycles. The van der Waals surface area contributed by atoms with Crippen LogP contribution in [-0.2, 0) is 29.3 Å². The van der Waals surface area contributed by atoms with Crippen molar-refractivity contribution in [3.63, 3.8) is 0 Å². The van der Waals surface area contributed by atoms with Crippen molar-refractivity contribution in [3.05, 3.63) is 108 Å². The number of rotatable bonds is 9. The van der Waals surface area contributed by atoms with Crippen molar-refractivity contribution in [2.75, 3.05) is 0 Å². The summed E-state index contributed by atoms with van der Waals surface area (Å²) in [7, 11) is 0. The molecule has 1 aliphatic rings. The van der Waals surface area contributed by atoms with E-state index in [1.807, 2.05) is 91.1 Å². The molecular formula is C28H27N5O3. The van der Waals surface area contributed by atoms with Crippen molar-refractivity contribution in [2.24, 2.45) is 0 Å². The third kappa shape index (κ3) is 5.60. The largest absolute Gasteiger partial charge is 0.487 e. The zero-order chi connectivity index (χ0) is 24.7. The Kier molecular flexibility index (Phi) is 7.02. The topological polar surface area (TPSA) is 89.3 Å². The fourth-order valence-corrected chi connectivity index (χ4v) is 4.22. The summed E-state index contributed by atoms with van der Waals surface area (Å²) < 4.78 is 7.55. The highest BCUT2D eigenvalue weighted by atomic mass is 16.5. The molecule has 0 bridgehead atoms. The minimum atomic E-state index is -0.440. The normalized spacial score (nSPS) is 15.2. The molecule has 0 radical (unpaired) electrons. The highest BCUT2D eigenvalue weighted by Crippen LogP contribution is 2.22. The number of hydrogen-bond donors (Lipinski definition) is 1. The maximum Gasteiger partial charge on any atom is 0.243 e. The Hall–Kier alpha value is -4.46. The first kappa shape index (κ1) is 23.3. The van der Waals surface area contributed by atoms with Crippen LogP contribution in [-0.4, -0.2) is 37.7 Å². The number of hydrogen-bond acceptors (Lipinski definition) is 5. The Labute approximate surface area is 209 Å². The van der Waals surface area contributed by atoms with E-state index < -0.39 is 6.04 Å². The molecule has 0 saturated carbocycles. The van der Waals surface area contributed by atoms with Gasteiger partial charge in [0.25, 0.3) is 0 Å². The van der Waals surface area contributed by atoms with Gasteiger partial charge in [-0.2, -0.15) is 0 Å². The fourth-order valence-electron chi connectivity index (χ4n) is 4.22. The summed E-state index contributed by atoms with van der Waals surface area (Å²) in [6.07, 6.45) is 2.78. The molecule has 0 spiro atoms. The van der Waals surface area contributed by atoms with E-state index in [0.717, 1.165) is 22.5 Å². The zero-order valence-electron chi connectivity index (χ0n) is 19.8. The zero-order valence-corrected chi connectivity index (χ0v) is 19.8. The highest BCUT2D eigenvalue weighted by molar-refractivity contribution is 5.90. The number of para-hydroxylation sites is 1. The SMILES string of the molecule is O=C(NCc1ccc(OCc2cn(-c3ccccc3)nn2)cc1)[C@@H]1CCC(=O)N1Cc1ccccc1. The van der Waals surface area contributed by atoms with Gasteiger partial charge in [-0.15, -0.1) is 5.10 Å². The van der Waals surface area contributed by atoms with Crippen LogP contribution in [0.15, 0.2) is 91.1 Å². The fraction of sp³-hybridized carbons (Fsp3) is 0.214. The van der Waals surface area contributed by atoms with E-state index in [9.17, 15) is 9.59 Å². The number of amides is 2. The number of likely N-dealkylation sites (tertiary alicyclic amines) is 1. The van der Waals surface area contributed by atoms with Gasteiger partial charge in [-0.1, -0.05) is 65.9 Å². The van der Waals surface area contributed by atoms with Crippen molar-refractivity contribution in [1.29, 1.82) is 0 Å².